The quantitative estimate of drug-likeness (QED) is 0.752. The molecule has 1 heterocycles. The van der Waals surface area contributed by atoms with Gasteiger partial charge in [0.05, 0.1) is 0 Å². The third-order valence-electron chi connectivity index (χ3n) is 4.66. The Labute approximate surface area is 170 Å². The minimum Gasteiger partial charge on any atom is -0.336 e. The maximum Gasteiger partial charge on any atom is 0.322 e. The molecule has 0 unspecified atom stereocenters. The maximum absolute atomic E-state index is 13.2. The van der Waals surface area contributed by atoms with Crippen molar-refractivity contribution in [1.82, 2.24) is 15.1 Å². The van der Waals surface area contributed by atoms with Gasteiger partial charge >= 0.3 is 12.1 Å². The van der Waals surface area contributed by atoms with Gasteiger partial charge < -0.3 is 20.4 Å². The fraction of sp³-hybridized carbons (Fsp3) is 0.333. The summed E-state index contributed by atoms with van der Waals surface area (Å²) in [5.41, 5.74) is 2.19. The first-order chi connectivity index (χ1) is 13.9. The van der Waals surface area contributed by atoms with Crippen LogP contribution < -0.4 is 15.5 Å². The molecule has 2 N–H and O–H groups in total. The van der Waals surface area contributed by atoms with Crippen molar-refractivity contribution in [3.05, 3.63) is 59.9 Å². The molecule has 7 nitrogen and oxygen atoms in total. The predicted molar refractivity (Wildman–Crippen MR) is 112 cm³/mol. The first-order valence-electron chi connectivity index (χ1n) is 9.53. The van der Waals surface area contributed by atoms with Crippen molar-refractivity contribution in [3.63, 3.8) is 0 Å². The van der Waals surface area contributed by atoms with E-state index in [0.717, 1.165) is 11.3 Å². The van der Waals surface area contributed by atoms with E-state index in [1.54, 1.807) is 40.1 Å². The van der Waals surface area contributed by atoms with Crippen molar-refractivity contribution in [2.75, 3.05) is 50.5 Å². The molecular formula is C21H26FN5O2. The summed E-state index contributed by atoms with van der Waals surface area (Å²) in [6.45, 7) is 2.78. The molecule has 0 spiro atoms. The first-order valence-corrected chi connectivity index (χ1v) is 9.53. The van der Waals surface area contributed by atoms with Crippen LogP contribution in [-0.2, 0) is 6.54 Å². The largest absolute Gasteiger partial charge is 0.336 e. The Morgan fingerprint density at radius 3 is 2.59 bits per heavy atom. The lowest BCUT2D eigenvalue weighted by molar-refractivity contribution is 0.202. The highest BCUT2D eigenvalue weighted by Crippen LogP contribution is 2.21. The third kappa shape index (κ3) is 5.68. The van der Waals surface area contributed by atoms with E-state index in [1.165, 1.54) is 12.1 Å². The number of likely N-dealkylation sites (N-methyl/N-ethyl adjacent to an activating group) is 1. The van der Waals surface area contributed by atoms with Crippen LogP contribution >= 0.6 is 0 Å². The Morgan fingerprint density at radius 1 is 1.17 bits per heavy atom. The molecule has 1 saturated heterocycles. The van der Waals surface area contributed by atoms with Gasteiger partial charge in [0.15, 0.2) is 0 Å². The number of carbonyl (C=O) groups is 2. The number of rotatable bonds is 7. The number of carbonyl (C=O) groups excluding carboxylic acids is 2. The van der Waals surface area contributed by atoms with E-state index in [2.05, 4.69) is 10.6 Å². The minimum atomic E-state index is -0.305. The van der Waals surface area contributed by atoms with Crippen LogP contribution in [0.1, 0.15) is 5.56 Å². The van der Waals surface area contributed by atoms with Gasteiger partial charge in [-0.3, -0.25) is 4.90 Å². The molecule has 3 rings (SSSR count). The number of anilines is 2. The monoisotopic (exact) mass is 399 g/mol. The number of halogens is 1. The number of hydrogen-bond acceptors (Lipinski definition) is 3. The lowest BCUT2D eigenvalue weighted by Gasteiger charge is -2.25. The van der Waals surface area contributed by atoms with E-state index in [9.17, 15) is 14.0 Å². The Morgan fingerprint density at radius 2 is 1.93 bits per heavy atom. The van der Waals surface area contributed by atoms with Crippen molar-refractivity contribution >= 4 is 23.4 Å². The fourth-order valence-electron chi connectivity index (χ4n) is 3.06. The number of amides is 4. The average Bonchev–Trinajstić information content (AvgIpc) is 3.12. The smallest absolute Gasteiger partial charge is 0.322 e. The molecule has 0 saturated carbocycles. The van der Waals surface area contributed by atoms with Crippen molar-refractivity contribution in [2.24, 2.45) is 0 Å². The molecule has 0 aliphatic carbocycles. The Hall–Kier alpha value is -3.13. The first kappa shape index (κ1) is 20.6. The van der Waals surface area contributed by atoms with Gasteiger partial charge in [-0.2, -0.15) is 0 Å². The summed E-state index contributed by atoms with van der Waals surface area (Å²) >= 11 is 0. The minimum absolute atomic E-state index is 0.141. The zero-order chi connectivity index (χ0) is 20.8. The van der Waals surface area contributed by atoms with Gasteiger partial charge in [-0.1, -0.05) is 18.2 Å². The summed E-state index contributed by atoms with van der Waals surface area (Å²) in [7, 11) is 3.89. The average molecular weight is 399 g/mol. The molecule has 1 aliphatic heterocycles. The Bertz CT molecular complexity index is 856. The van der Waals surface area contributed by atoms with E-state index in [-0.39, 0.29) is 17.9 Å². The van der Waals surface area contributed by atoms with Gasteiger partial charge in [0.2, 0.25) is 0 Å². The van der Waals surface area contributed by atoms with Crippen LogP contribution in [-0.4, -0.2) is 62.1 Å². The number of nitrogens with zero attached hydrogens (tertiary/aromatic N) is 3. The van der Waals surface area contributed by atoms with Crippen LogP contribution in [0, 0.1) is 5.82 Å². The summed E-state index contributed by atoms with van der Waals surface area (Å²) in [5, 5.41) is 5.68. The normalized spacial score (nSPS) is 13.5. The molecule has 29 heavy (non-hydrogen) atoms. The van der Waals surface area contributed by atoms with Crippen molar-refractivity contribution in [1.29, 1.82) is 0 Å². The lowest BCUT2D eigenvalue weighted by atomic mass is 10.2. The van der Waals surface area contributed by atoms with Gasteiger partial charge in [-0.15, -0.1) is 0 Å². The highest BCUT2D eigenvalue weighted by atomic mass is 19.1. The van der Waals surface area contributed by atoms with Crippen LogP contribution in [0.4, 0.5) is 25.4 Å². The molecule has 1 fully saturated rings. The summed E-state index contributed by atoms with van der Waals surface area (Å²) in [6, 6.07) is 13.0. The molecule has 2 aromatic carbocycles. The predicted octanol–water partition coefficient (Wildman–Crippen LogP) is 2.95. The van der Waals surface area contributed by atoms with Gasteiger partial charge in [0.1, 0.15) is 5.82 Å². The van der Waals surface area contributed by atoms with E-state index in [1.807, 2.05) is 25.1 Å². The molecular weight excluding hydrogens is 373 g/mol. The number of nitrogens with one attached hydrogen (secondary N) is 2. The molecule has 154 valence electrons. The second kappa shape index (κ2) is 9.38. The number of urea groups is 2. The van der Waals surface area contributed by atoms with Crippen molar-refractivity contribution in [3.8, 4) is 0 Å². The van der Waals surface area contributed by atoms with Crippen LogP contribution in [0.2, 0.25) is 0 Å². The van der Waals surface area contributed by atoms with E-state index >= 15 is 0 Å². The number of hydrogen-bond donors (Lipinski definition) is 2. The summed E-state index contributed by atoms with van der Waals surface area (Å²) in [5.74, 6) is -0.305. The highest BCUT2D eigenvalue weighted by molar-refractivity contribution is 5.95. The zero-order valence-corrected chi connectivity index (χ0v) is 16.7. The molecule has 1 aliphatic rings. The van der Waals surface area contributed by atoms with Crippen molar-refractivity contribution < 1.29 is 14.0 Å². The van der Waals surface area contributed by atoms with Gasteiger partial charge in [-0.05, 0) is 50.0 Å². The second-order valence-corrected chi connectivity index (χ2v) is 7.22. The zero-order valence-electron chi connectivity index (χ0n) is 16.7. The Kier molecular flexibility index (Phi) is 6.66. The van der Waals surface area contributed by atoms with Crippen molar-refractivity contribution in [2.45, 2.75) is 6.54 Å². The standard InChI is InChI=1S/C21H26FN5O2/c1-25(2)12-13-26(15-16-6-8-17(22)9-7-16)21(29)24-18-4-3-5-19(14-18)27-11-10-23-20(27)28/h3-9,14H,10-13,15H2,1-2H3,(H,23,28)(H,24,29). The second-order valence-electron chi connectivity index (χ2n) is 7.22. The number of benzene rings is 2. The highest BCUT2D eigenvalue weighted by Gasteiger charge is 2.21. The molecule has 0 aromatic heterocycles. The topological polar surface area (TPSA) is 67.9 Å². The molecule has 4 amide bonds. The Balaban J connectivity index is 1.71. The van der Waals surface area contributed by atoms with Crippen LogP contribution in [0.25, 0.3) is 0 Å². The molecule has 0 atom stereocenters. The fourth-order valence-corrected chi connectivity index (χ4v) is 3.06. The molecule has 2 aromatic rings. The SMILES string of the molecule is CN(C)CCN(Cc1ccc(F)cc1)C(=O)Nc1cccc(N2CCNC2=O)c1. The molecule has 8 heteroatoms. The van der Waals surface area contributed by atoms with E-state index in [0.29, 0.717) is 38.4 Å². The maximum atomic E-state index is 13.2. The third-order valence-corrected chi connectivity index (χ3v) is 4.66. The van der Waals surface area contributed by atoms with Gasteiger partial charge in [0.25, 0.3) is 0 Å². The lowest BCUT2D eigenvalue weighted by Crippen LogP contribution is -2.39. The van der Waals surface area contributed by atoms with Crippen LogP contribution in [0.15, 0.2) is 48.5 Å². The van der Waals surface area contributed by atoms with Crippen LogP contribution in [0.5, 0.6) is 0 Å². The summed E-state index contributed by atoms with van der Waals surface area (Å²) < 4.78 is 13.2. The summed E-state index contributed by atoms with van der Waals surface area (Å²) in [6.07, 6.45) is 0. The summed E-state index contributed by atoms with van der Waals surface area (Å²) in [4.78, 5) is 30.1. The van der Waals surface area contributed by atoms with Gasteiger partial charge in [0, 0.05) is 44.1 Å². The van der Waals surface area contributed by atoms with Gasteiger partial charge in [-0.25, -0.2) is 14.0 Å². The van der Waals surface area contributed by atoms with Crippen LogP contribution in [0.3, 0.4) is 0 Å². The van der Waals surface area contributed by atoms with E-state index < -0.39 is 0 Å². The molecule has 0 radical (unpaired) electrons. The van der Waals surface area contributed by atoms with E-state index in [4.69, 9.17) is 0 Å². The molecule has 0 bridgehead atoms.